The van der Waals surface area contributed by atoms with Crippen molar-refractivity contribution in [3.8, 4) is 5.75 Å². The van der Waals surface area contributed by atoms with E-state index in [1.54, 1.807) is 12.1 Å². The Hall–Kier alpha value is -1.55. The second-order valence-electron chi connectivity index (χ2n) is 4.51. The average Bonchev–Trinajstić information content (AvgIpc) is 2.60. The molecule has 1 aromatic carbocycles. The van der Waals surface area contributed by atoms with E-state index in [0.29, 0.717) is 12.4 Å². The zero-order chi connectivity index (χ0) is 12.3. The lowest BCUT2D eigenvalue weighted by atomic mass is 9.95. The summed E-state index contributed by atoms with van der Waals surface area (Å²) in [5.74, 6) is 0.542. The Labute approximate surface area is 101 Å². The summed E-state index contributed by atoms with van der Waals surface area (Å²) in [6.07, 6.45) is 0.375. The molecule has 0 spiro atoms. The normalized spacial score (nSPS) is 27.8. The fraction of sp³-hybridized carbons (Fsp3) is 0.462. The Morgan fingerprint density at radius 2 is 2.18 bits per heavy atom. The zero-order valence-electron chi connectivity index (χ0n) is 10.1. The van der Waals surface area contributed by atoms with Crippen molar-refractivity contribution in [1.82, 2.24) is 5.32 Å². The van der Waals surface area contributed by atoms with E-state index in [9.17, 15) is 4.79 Å². The zero-order valence-corrected chi connectivity index (χ0v) is 10.1. The molecule has 92 valence electrons. The third kappa shape index (κ3) is 2.77. The fourth-order valence-electron chi connectivity index (χ4n) is 1.85. The van der Waals surface area contributed by atoms with E-state index in [1.165, 1.54) is 0 Å². The second kappa shape index (κ2) is 4.75. The highest BCUT2D eigenvalue weighted by molar-refractivity contribution is 5.71. The fourth-order valence-corrected chi connectivity index (χ4v) is 1.85. The van der Waals surface area contributed by atoms with Gasteiger partial charge in [0.05, 0.1) is 11.6 Å². The van der Waals surface area contributed by atoms with Gasteiger partial charge in [0.25, 0.3) is 0 Å². The summed E-state index contributed by atoms with van der Waals surface area (Å²) in [7, 11) is 0. The summed E-state index contributed by atoms with van der Waals surface area (Å²) in [6.45, 7) is 4.59. The van der Waals surface area contributed by atoms with Crippen LogP contribution in [0.4, 0.5) is 4.79 Å². The minimum Gasteiger partial charge on any atom is -0.410 e. The van der Waals surface area contributed by atoms with Crippen molar-refractivity contribution in [2.24, 2.45) is 0 Å². The number of amides is 1. The van der Waals surface area contributed by atoms with E-state index in [4.69, 9.17) is 9.47 Å². The molecule has 1 amide bonds. The van der Waals surface area contributed by atoms with E-state index in [-0.39, 0.29) is 11.6 Å². The lowest BCUT2D eigenvalue weighted by Gasteiger charge is -2.28. The van der Waals surface area contributed by atoms with Gasteiger partial charge in [-0.05, 0) is 32.4 Å². The minimum absolute atomic E-state index is 0.00539. The van der Waals surface area contributed by atoms with Gasteiger partial charge in [-0.15, -0.1) is 0 Å². The van der Waals surface area contributed by atoms with Gasteiger partial charge >= 0.3 is 6.09 Å². The lowest BCUT2D eigenvalue weighted by Crippen LogP contribution is -2.51. The van der Waals surface area contributed by atoms with Gasteiger partial charge in [0.1, 0.15) is 5.75 Å². The SMILES string of the molecule is CC1OCCC1(C)NC(=O)Oc1ccccc1. The number of carbonyl (C=O) groups excluding carboxylic acids is 1. The summed E-state index contributed by atoms with van der Waals surface area (Å²) in [5.41, 5.74) is -0.341. The Morgan fingerprint density at radius 3 is 2.76 bits per heavy atom. The van der Waals surface area contributed by atoms with Gasteiger partial charge in [0.2, 0.25) is 0 Å². The average molecular weight is 235 g/mol. The standard InChI is InChI=1S/C13H17NO3/c1-10-13(2,8-9-16-10)14-12(15)17-11-6-4-3-5-7-11/h3-7,10H,8-9H2,1-2H3,(H,14,15). The Bertz CT molecular complexity index is 393. The molecule has 1 heterocycles. The minimum atomic E-state index is -0.434. The Balaban J connectivity index is 1.94. The van der Waals surface area contributed by atoms with Crippen molar-refractivity contribution in [1.29, 1.82) is 0 Å². The molecule has 2 unspecified atom stereocenters. The third-order valence-electron chi connectivity index (χ3n) is 3.23. The number of rotatable bonds is 2. The largest absolute Gasteiger partial charge is 0.413 e. The van der Waals surface area contributed by atoms with E-state index < -0.39 is 6.09 Å². The van der Waals surface area contributed by atoms with E-state index in [2.05, 4.69) is 5.32 Å². The summed E-state index contributed by atoms with van der Waals surface area (Å²) in [4.78, 5) is 11.7. The highest BCUT2D eigenvalue weighted by Gasteiger charge is 2.38. The number of ether oxygens (including phenoxy) is 2. The molecule has 0 aromatic heterocycles. The molecule has 1 aromatic rings. The van der Waals surface area contributed by atoms with Crippen molar-refractivity contribution in [2.45, 2.75) is 31.9 Å². The van der Waals surface area contributed by atoms with Crippen molar-refractivity contribution in [3.63, 3.8) is 0 Å². The first-order valence-electron chi connectivity index (χ1n) is 5.77. The number of benzene rings is 1. The maximum Gasteiger partial charge on any atom is 0.413 e. The highest BCUT2D eigenvalue weighted by atomic mass is 16.6. The second-order valence-corrected chi connectivity index (χ2v) is 4.51. The van der Waals surface area contributed by atoms with Crippen LogP contribution < -0.4 is 10.1 Å². The molecular weight excluding hydrogens is 218 g/mol. The number of hydrogen-bond donors (Lipinski definition) is 1. The number of nitrogens with one attached hydrogen (secondary N) is 1. The quantitative estimate of drug-likeness (QED) is 0.855. The number of hydrogen-bond acceptors (Lipinski definition) is 3. The Morgan fingerprint density at radius 1 is 1.47 bits per heavy atom. The topological polar surface area (TPSA) is 47.6 Å². The van der Waals surface area contributed by atoms with Gasteiger partial charge in [0, 0.05) is 6.61 Å². The summed E-state index contributed by atoms with van der Waals surface area (Å²) in [5, 5.41) is 2.87. The maximum absolute atomic E-state index is 11.7. The molecule has 2 rings (SSSR count). The van der Waals surface area contributed by atoms with Crippen LogP contribution in [-0.4, -0.2) is 24.3 Å². The van der Waals surface area contributed by atoms with Gasteiger partial charge in [-0.2, -0.15) is 0 Å². The predicted molar refractivity (Wildman–Crippen MR) is 64.0 cm³/mol. The maximum atomic E-state index is 11.7. The lowest BCUT2D eigenvalue weighted by molar-refractivity contribution is 0.0876. The number of carbonyl (C=O) groups is 1. The monoisotopic (exact) mass is 235 g/mol. The van der Waals surface area contributed by atoms with E-state index in [1.807, 2.05) is 32.0 Å². The van der Waals surface area contributed by atoms with Gasteiger partial charge < -0.3 is 14.8 Å². The summed E-state index contributed by atoms with van der Waals surface area (Å²) >= 11 is 0. The molecule has 1 aliphatic rings. The van der Waals surface area contributed by atoms with Crippen LogP contribution in [0.3, 0.4) is 0 Å². The van der Waals surface area contributed by atoms with Gasteiger partial charge in [-0.3, -0.25) is 0 Å². The van der Waals surface area contributed by atoms with E-state index >= 15 is 0 Å². The predicted octanol–water partition coefficient (Wildman–Crippen LogP) is 2.34. The van der Waals surface area contributed by atoms with Crippen molar-refractivity contribution < 1.29 is 14.3 Å². The van der Waals surface area contributed by atoms with E-state index in [0.717, 1.165) is 6.42 Å². The molecule has 4 nitrogen and oxygen atoms in total. The molecular formula is C13H17NO3. The molecule has 0 aliphatic carbocycles. The molecule has 17 heavy (non-hydrogen) atoms. The van der Waals surface area contributed by atoms with Crippen LogP contribution in [0.2, 0.25) is 0 Å². The third-order valence-corrected chi connectivity index (χ3v) is 3.23. The molecule has 1 aliphatic heterocycles. The van der Waals surface area contributed by atoms with Crippen LogP contribution in [0.15, 0.2) is 30.3 Å². The molecule has 2 atom stereocenters. The summed E-state index contributed by atoms with van der Waals surface area (Å²) < 4.78 is 10.6. The van der Waals surface area contributed by atoms with Crippen molar-refractivity contribution in [3.05, 3.63) is 30.3 Å². The molecule has 1 saturated heterocycles. The molecule has 1 fully saturated rings. The first-order valence-corrected chi connectivity index (χ1v) is 5.77. The van der Waals surface area contributed by atoms with Gasteiger partial charge in [-0.1, -0.05) is 18.2 Å². The van der Waals surface area contributed by atoms with Crippen LogP contribution in [-0.2, 0) is 4.74 Å². The Kier molecular flexibility index (Phi) is 3.33. The molecule has 4 heteroatoms. The molecule has 0 saturated carbocycles. The molecule has 0 bridgehead atoms. The van der Waals surface area contributed by atoms with Crippen LogP contribution >= 0.6 is 0 Å². The van der Waals surface area contributed by atoms with Crippen molar-refractivity contribution >= 4 is 6.09 Å². The highest BCUT2D eigenvalue weighted by Crippen LogP contribution is 2.25. The van der Waals surface area contributed by atoms with Crippen LogP contribution in [0.25, 0.3) is 0 Å². The van der Waals surface area contributed by atoms with Gasteiger partial charge in [0.15, 0.2) is 0 Å². The van der Waals surface area contributed by atoms with Crippen LogP contribution in [0.5, 0.6) is 5.75 Å². The molecule has 1 N–H and O–H groups in total. The van der Waals surface area contributed by atoms with Gasteiger partial charge in [-0.25, -0.2) is 4.79 Å². The first kappa shape index (κ1) is 11.9. The summed E-state index contributed by atoms with van der Waals surface area (Å²) in [6, 6.07) is 9.02. The molecule has 0 radical (unpaired) electrons. The smallest absolute Gasteiger partial charge is 0.410 e. The van der Waals surface area contributed by atoms with Crippen LogP contribution in [0, 0.1) is 0 Å². The van der Waals surface area contributed by atoms with Crippen LogP contribution in [0.1, 0.15) is 20.3 Å². The number of para-hydroxylation sites is 1. The first-order chi connectivity index (χ1) is 8.10. The van der Waals surface area contributed by atoms with Crippen molar-refractivity contribution in [2.75, 3.05) is 6.61 Å².